The number of aliphatic hydroxyl groups excluding tert-OH is 1. The molecule has 84 valence electrons. The van der Waals surface area contributed by atoms with E-state index in [2.05, 4.69) is 10.7 Å². The molecule has 2 rings (SSSR count). The van der Waals surface area contributed by atoms with E-state index in [-0.39, 0.29) is 12.6 Å². The van der Waals surface area contributed by atoms with Gasteiger partial charge >= 0.3 is 0 Å². The van der Waals surface area contributed by atoms with Gasteiger partial charge in [0.25, 0.3) is 0 Å². The molecule has 1 fully saturated rings. The lowest BCUT2D eigenvalue weighted by Crippen LogP contribution is -2.31. The first kappa shape index (κ1) is 11.1. The number of aliphatic hydroxyl groups is 1. The summed E-state index contributed by atoms with van der Waals surface area (Å²) in [6, 6.07) is 2.11. The lowest BCUT2D eigenvalue weighted by atomic mass is 10.1. The van der Waals surface area contributed by atoms with Crippen molar-refractivity contribution < 1.29 is 9.84 Å². The van der Waals surface area contributed by atoms with E-state index in [1.54, 1.807) is 11.3 Å². The minimum Gasteiger partial charge on any atom is -0.394 e. The summed E-state index contributed by atoms with van der Waals surface area (Å²) in [5, 5.41) is 16.7. The molecular formula is C11H17NO2S. The number of rotatable bonds is 5. The maximum Gasteiger partial charge on any atom is 0.0700 e. The Hall–Kier alpha value is -0.420. The van der Waals surface area contributed by atoms with Crippen LogP contribution in [-0.4, -0.2) is 31.0 Å². The Morgan fingerprint density at radius 3 is 3.20 bits per heavy atom. The van der Waals surface area contributed by atoms with Gasteiger partial charge in [0.2, 0.25) is 0 Å². The van der Waals surface area contributed by atoms with E-state index in [0.29, 0.717) is 6.10 Å². The van der Waals surface area contributed by atoms with E-state index in [1.807, 2.05) is 11.4 Å². The van der Waals surface area contributed by atoms with Crippen molar-refractivity contribution in [3.63, 3.8) is 0 Å². The highest BCUT2D eigenvalue weighted by Gasteiger charge is 2.17. The highest BCUT2D eigenvalue weighted by atomic mass is 32.1. The molecule has 15 heavy (non-hydrogen) atoms. The molecular weight excluding hydrogens is 210 g/mol. The average molecular weight is 227 g/mol. The third kappa shape index (κ3) is 3.01. The van der Waals surface area contributed by atoms with Crippen LogP contribution in [0.5, 0.6) is 0 Å². The van der Waals surface area contributed by atoms with Crippen molar-refractivity contribution in [2.45, 2.75) is 25.0 Å². The van der Waals surface area contributed by atoms with E-state index in [1.165, 1.54) is 5.56 Å². The summed E-state index contributed by atoms with van der Waals surface area (Å²) in [5.74, 6) is 0. The molecule has 0 spiro atoms. The fourth-order valence-corrected chi connectivity index (χ4v) is 2.55. The lowest BCUT2D eigenvalue weighted by molar-refractivity contribution is 0.104. The average Bonchev–Trinajstić information content (AvgIpc) is 2.90. The van der Waals surface area contributed by atoms with Gasteiger partial charge in [-0.15, -0.1) is 0 Å². The molecule has 1 aromatic heterocycles. The van der Waals surface area contributed by atoms with Crippen LogP contribution in [0.3, 0.4) is 0 Å². The Morgan fingerprint density at radius 1 is 1.67 bits per heavy atom. The van der Waals surface area contributed by atoms with Gasteiger partial charge in [0, 0.05) is 13.2 Å². The van der Waals surface area contributed by atoms with Crippen LogP contribution in [0, 0.1) is 0 Å². The van der Waals surface area contributed by atoms with Gasteiger partial charge < -0.3 is 15.2 Å². The predicted octanol–water partition coefficient (Wildman–Crippen LogP) is 1.55. The second-order valence-corrected chi connectivity index (χ2v) is 4.62. The summed E-state index contributed by atoms with van der Waals surface area (Å²) in [6.45, 7) is 1.86. The monoisotopic (exact) mass is 227 g/mol. The zero-order valence-corrected chi connectivity index (χ0v) is 9.50. The number of hydrogen-bond acceptors (Lipinski definition) is 4. The van der Waals surface area contributed by atoms with Crippen LogP contribution in [0.4, 0.5) is 0 Å². The van der Waals surface area contributed by atoms with Gasteiger partial charge in [0.15, 0.2) is 0 Å². The van der Waals surface area contributed by atoms with Crippen LogP contribution in [-0.2, 0) is 4.74 Å². The first-order chi connectivity index (χ1) is 7.40. The smallest absolute Gasteiger partial charge is 0.0700 e. The summed E-state index contributed by atoms with van der Waals surface area (Å²) >= 11 is 1.66. The molecule has 0 amide bonds. The Bertz CT molecular complexity index is 270. The maximum absolute atomic E-state index is 9.27. The molecule has 0 aliphatic carbocycles. The lowest BCUT2D eigenvalue weighted by Gasteiger charge is -2.17. The molecule has 2 atom stereocenters. The van der Waals surface area contributed by atoms with Gasteiger partial charge in [-0.2, -0.15) is 11.3 Å². The van der Waals surface area contributed by atoms with Crippen LogP contribution in [0.2, 0.25) is 0 Å². The third-order valence-electron chi connectivity index (χ3n) is 2.74. The van der Waals surface area contributed by atoms with Crippen molar-refractivity contribution in [2.75, 3.05) is 19.8 Å². The molecule has 3 nitrogen and oxygen atoms in total. The molecule has 2 heterocycles. The SMILES string of the molecule is OCC(NCC1CCCO1)c1ccsc1. The van der Waals surface area contributed by atoms with Crippen LogP contribution >= 0.6 is 11.3 Å². The highest BCUT2D eigenvalue weighted by Crippen LogP contribution is 2.17. The van der Waals surface area contributed by atoms with Crippen molar-refractivity contribution in [3.05, 3.63) is 22.4 Å². The van der Waals surface area contributed by atoms with E-state index < -0.39 is 0 Å². The fourth-order valence-electron chi connectivity index (χ4n) is 1.84. The van der Waals surface area contributed by atoms with E-state index >= 15 is 0 Å². The molecule has 0 bridgehead atoms. The first-order valence-corrected chi connectivity index (χ1v) is 6.32. The van der Waals surface area contributed by atoms with E-state index in [4.69, 9.17) is 4.74 Å². The van der Waals surface area contributed by atoms with Crippen molar-refractivity contribution in [1.29, 1.82) is 0 Å². The summed E-state index contributed by atoms with van der Waals surface area (Å²) in [7, 11) is 0. The first-order valence-electron chi connectivity index (χ1n) is 5.38. The summed E-state index contributed by atoms with van der Waals surface area (Å²) in [6.07, 6.45) is 2.63. The van der Waals surface area contributed by atoms with Gasteiger partial charge in [0.05, 0.1) is 18.8 Å². The minimum atomic E-state index is 0.0560. The molecule has 1 saturated heterocycles. The fraction of sp³-hybridized carbons (Fsp3) is 0.636. The topological polar surface area (TPSA) is 41.5 Å². The molecule has 0 saturated carbocycles. The van der Waals surface area contributed by atoms with Crippen molar-refractivity contribution in [1.82, 2.24) is 5.32 Å². The Balaban J connectivity index is 1.80. The molecule has 0 aromatic carbocycles. The van der Waals surface area contributed by atoms with E-state index in [9.17, 15) is 5.11 Å². The number of hydrogen-bond donors (Lipinski definition) is 2. The summed E-state index contributed by atoms with van der Waals surface area (Å²) in [5.41, 5.74) is 1.17. The Kier molecular flexibility index (Phi) is 4.14. The van der Waals surface area contributed by atoms with Gasteiger partial charge in [-0.1, -0.05) is 0 Å². The molecule has 1 aliphatic heterocycles. The largest absolute Gasteiger partial charge is 0.394 e. The maximum atomic E-state index is 9.27. The van der Waals surface area contributed by atoms with Gasteiger partial charge in [0.1, 0.15) is 0 Å². The molecule has 1 aliphatic rings. The van der Waals surface area contributed by atoms with Crippen molar-refractivity contribution >= 4 is 11.3 Å². The number of thiophene rings is 1. The zero-order valence-electron chi connectivity index (χ0n) is 8.69. The van der Waals surface area contributed by atoms with E-state index in [0.717, 1.165) is 26.0 Å². The normalized spacial score (nSPS) is 23.1. The molecule has 0 radical (unpaired) electrons. The summed E-state index contributed by atoms with van der Waals surface area (Å²) in [4.78, 5) is 0. The number of nitrogens with one attached hydrogen (secondary N) is 1. The minimum absolute atomic E-state index is 0.0560. The van der Waals surface area contributed by atoms with Gasteiger partial charge in [-0.25, -0.2) is 0 Å². The molecule has 1 aromatic rings. The van der Waals surface area contributed by atoms with Crippen LogP contribution < -0.4 is 5.32 Å². The second kappa shape index (κ2) is 5.61. The number of ether oxygens (including phenoxy) is 1. The van der Waals surface area contributed by atoms with Crippen molar-refractivity contribution in [3.8, 4) is 0 Å². The molecule has 2 unspecified atom stereocenters. The molecule has 4 heteroatoms. The van der Waals surface area contributed by atoms with Crippen LogP contribution in [0.25, 0.3) is 0 Å². The highest BCUT2D eigenvalue weighted by molar-refractivity contribution is 7.07. The van der Waals surface area contributed by atoms with Gasteiger partial charge in [-0.05, 0) is 35.2 Å². The third-order valence-corrected chi connectivity index (χ3v) is 3.45. The Labute approximate surface area is 94.1 Å². The second-order valence-electron chi connectivity index (χ2n) is 3.84. The van der Waals surface area contributed by atoms with Crippen LogP contribution in [0.15, 0.2) is 16.8 Å². The zero-order chi connectivity index (χ0) is 10.5. The predicted molar refractivity (Wildman–Crippen MR) is 61.1 cm³/mol. The van der Waals surface area contributed by atoms with Crippen LogP contribution in [0.1, 0.15) is 24.4 Å². The quantitative estimate of drug-likeness (QED) is 0.802. The summed E-state index contributed by atoms with van der Waals surface area (Å²) < 4.78 is 5.52. The molecule has 2 N–H and O–H groups in total. The van der Waals surface area contributed by atoms with Crippen molar-refractivity contribution in [2.24, 2.45) is 0 Å². The standard InChI is InChI=1S/C11H17NO2S/c13-7-11(9-3-5-15-8-9)12-6-10-2-1-4-14-10/h3,5,8,10-13H,1-2,4,6-7H2. The van der Waals surface area contributed by atoms with Gasteiger partial charge in [-0.3, -0.25) is 0 Å². The Morgan fingerprint density at radius 2 is 2.60 bits per heavy atom.